The number of aryl methyl sites for hydroxylation is 1. The highest BCUT2D eigenvalue weighted by Gasteiger charge is 2.07. The van der Waals surface area contributed by atoms with E-state index in [2.05, 4.69) is 10.3 Å². The van der Waals surface area contributed by atoms with Gasteiger partial charge in [0.2, 0.25) is 0 Å². The van der Waals surface area contributed by atoms with Crippen molar-refractivity contribution in [2.24, 2.45) is 0 Å². The fourth-order valence-electron chi connectivity index (χ4n) is 1.87. The van der Waals surface area contributed by atoms with Gasteiger partial charge in [-0.05, 0) is 43.2 Å². The first-order valence-electron chi connectivity index (χ1n) is 6.41. The van der Waals surface area contributed by atoms with E-state index in [4.69, 9.17) is 16.3 Å². The largest absolute Gasteiger partial charge is 0.504 e. The van der Waals surface area contributed by atoms with Crippen molar-refractivity contribution >= 4 is 17.3 Å². The molecule has 0 unspecified atom stereocenters. The van der Waals surface area contributed by atoms with Gasteiger partial charge in [0.25, 0.3) is 0 Å². The summed E-state index contributed by atoms with van der Waals surface area (Å²) in [6, 6.07) is 7.17. The van der Waals surface area contributed by atoms with Gasteiger partial charge in [-0.25, -0.2) is 4.98 Å². The first-order valence-corrected chi connectivity index (χ1v) is 6.79. The van der Waals surface area contributed by atoms with Crippen molar-refractivity contribution in [1.29, 1.82) is 0 Å². The molecule has 2 rings (SSSR count). The molecule has 0 saturated carbocycles. The van der Waals surface area contributed by atoms with Crippen molar-refractivity contribution < 1.29 is 9.84 Å². The number of hydrogen-bond acceptors (Lipinski definition) is 4. The summed E-state index contributed by atoms with van der Waals surface area (Å²) in [4.78, 5) is 4.05. The standard InChI is InChI=1S/C15H17ClN2O2/c1-3-20-13-8-11(4-5-12(13)19)9-18-14-10(2)6-7-17-15(14)16/h4-8,18-19H,3,9H2,1-2H3. The Morgan fingerprint density at radius 2 is 2.15 bits per heavy atom. The van der Waals surface area contributed by atoms with E-state index in [9.17, 15) is 5.11 Å². The normalized spacial score (nSPS) is 10.3. The molecule has 1 aromatic heterocycles. The van der Waals surface area contributed by atoms with Gasteiger partial charge < -0.3 is 15.2 Å². The van der Waals surface area contributed by atoms with Crippen LogP contribution in [0.5, 0.6) is 11.5 Å². The van der Waals surface area contributed by atoms with E-state index in [1.165, 1.54) is 0 Å². The number of hydrogen-bond donors (Lipinski definition) is 2. The molecule has 0 atom stereocenters. The molecule has 106 valence electrons. The van der Waals surface area contributed by atoms with E-state index >= 15 is 0 Å². The molecule has 1 aromatic carbocycles. The third-order valence-electron chi connectivity index (χ3n) is 2.91. The lowest BCUT2D eigenvalue weighted by atomic mass is 10.2. The first kappa shape index (κ1) is 14.5. The maximum absolute atomic E-state index is 9.66. The van der Waals surface area contributed by atoms with E-state index in [-0.39, 0.29) is 5.75 Å². The number of aromatic hydroxyl groups is 1. The third-order valence-corrected chi connectivity index (χ3v) is 3.19. The van der Waals surface area contributed by atoms with Gasteiger partial charge in [-0.1, -0.05) is 17.7 Å². The van der Waals surface area contributed by atoms with Gasteiger partial charge in [0.1, 0.15) is 0 Å². The quantitative estimate of drug-likeness (QED) is 0.824. The molecule has 0 radical (unpaired) electrons. The second-order valence-electron chi connectivity index (χ2n) is 4.38. The van der Waals surface area contributed by atoms with Gasteiger partial charge in [-0.3, -0.25) is 0 Å². The monoisotopic (exact) mass is 292 g/mol. The fourth-order valence-corrected chi connectivity index (χ4v) is 2.14. The van der Waals surface area contributed by atoms with E-state index in [1.807, 2.05) is 32.0 Å². The van der Waals surface area contributed by atoms with Crippen LogP contribution >= 0.6 is 11.6 Å². The predicted octanol–water partition coefficient (Wildman–Crippen LogP) is 3.76. The number of rotatable bonds is 5. The molecular formula is C15H17ClN2O2. The van der Waals surface area contributed by atoms with Gasteiger partial charge in [0.15, 0.2) is 16.7 Å². The van der Waals surface area contributed by atoms with E-state index in [0.717, 1.165) is 16.8 Å². The van der Waals surface area contributed by atoms with Crippen LogP contribution in [0, 0.1) is 6.92 Å². The Balaban J connectivity index is 2.13. The zero-order valence-corrected chi connectivity index (χ0v) is 12.2. The van der Waals surface area contributed by atoms with Crippen LogP contribution in [-0.4, -0.2) is 16.7 Å². The summed E-state index contributed by atoms with van der Waals surface area (Å²) in [6.45, 7) is 4.94. The number of nitrogens with one attached hydrogen (secondary N) is 1. The van der Waals surface area contributed by atoms with Crippen molar-refractivity contribution in [3.63, 3.8) is 0 Å². The summed E-state index contributed by atoms with van der Waals surface area (Å²) in [7, 11) is 0. The lowest BCUT2D eigenvalue weighted by molar-refractivity contribution is 0.318. The van der Waals surface area contributed by atoms with Gasteiger partial charge in [-0.15, -0.1) is 0 Å². The highest BCUT2D eigenvalue weighted by Crippen LogP contribution is 2.28. The van der Waals surface area contributed by atoms with E-state index < -0.39 is 0 Å². The molecule has 0 saturated heterocycles. The molecule has 0 bridgehead atoms. The maximum atomic E-state index is 9.66. The van der Waals surface area contributed by atoms with Gasteiger partial charge >= 0.3 is 0 Å². The fraction of sp³-hybridized carbons (Fsp3) is 0.267. The van der Waals surface area contributed by atoms with Crippen LogP contribution in [0.4, 0.5) is 5.69 Å². The number of phenolic OH excluding ortho intramolecular Hbond substituents is 1. The third kappa shape index (κ3) is 3.33. The lowest BCUT2D eigenvalue weighted by Crippen LogP contribution is -2.03. The second-order valence-corrected chi connectivity index (χ2v) is 4.74. The van der Waals surface area contributed by atoms with Crippen LogP contribution in [0.2, 0.25) is 5.15 Å². The zero-order valence-electron chi connectivity index (χ0n) is 11.5. The molecule has 1 heterocycles. The Bertz CT molecular complexity index is 582. The van der Waals surface area contributed by atoms with E-state index in [0.29, 0.717) is 24.1 Å². The number of ether oxygens (including phenoxy) is 1. The number of anilines is 1. The van der Waals surface area contributed by atoms with E-state index in [1.54, 1.807) is 12.3 Å². The molecule has 20 heavy (non-hydrogen) atoms. The SMILES string of the molecule is CCOc1cc(CNc2c(C)ccnc2Cl)ccc1O. The average molecular weight is 293 g/mol. The molecule has 0 fully saturated rings. The molecule has 0 aliphatic heterocycles. The first-order chi connectivity index (χ1) is 9.61. The minimum Gasteiger partial charge on any atom is -0.504 e. The van der Waals surface area contributed by atoms with Crippen LogP contribution in [0.1, 0.15) is 18.1 Å². The van der Waals surface area contributed by atoms with Crippen LogP contribution in [0.25, 0.3) is 0 Å². The van der Waals surface area contributed by atoms with Crippen LogP contribution in [-0.2, 0) is 6.54 Å². The summed E-state index contributed by atoms with van der Waals surface area (Å²) < 4.78 is 5.36. The number of aromatic nitrogens is 1. The molecule has 2 N–H and O–H groups in total. The molecule has 2 aromatic rings. The Kier molecular flexibility index (Phi) is 4.69. The molecular weight excluding hydrogens is 276 g/mol. The van der Waals surface area contributed by atoms with Crippen LogP contribution in [0.3, 0.4) is 0 Å². The molecule has 0 aliphatic rings. The zero-order chi connectivity index (χ0) is 14.5. The Labute approximate surface area is 123 Å². The minimum absolute atomic E-state index is 0.145. The summed E-state index contributed by atoms with van der Waals surface area (Å²) in [5, 5.41) is 13.4. The molecule has 0 amide bonds. The minimum atomic E-state index is 0.145. The summed E-state index contributed by atoms with van der Waals surface area (Å²) >= 11 is 6.06. The Morgan fingerprint density at radius 1 is 1.35 bits per heavy atom. The topological polar surface area (TPSA) is 54.4 Å². The van der Waals surface area contributed by atoms with Crippen molar-refractivity contribution in [3.05, 3.63) is 46.7 Å². The second kappa shape index (κ2) is 6.48. The van der Waals surface area contributed by atoms with Crippen LogP contribution < -0.4 is 10.1 Å². The van der Waals surface area contributed by atoms with Crippen molar-refractivity contribution in [2.45, 2.75) is 20.4 Å². The number of pyridine rings is 1. The molecule has 4 nitrogen and oxygen atoms in total. The lowest BCUT2D eigenvalue weighted by Gasteiger charge is -2.12. The summed E-state index contributed by atoms with van der Waals surface area (Å²) in [5.74, 6) is 0.631. The highest BCUT2D eigenvalue weighted by molar-refractivity contribution is 6.32. The predicted molar refractivity (Wildman–Crippen MR) is 80.6 cm³/mol. The summed E-state index contributed by atoms with van der Waals surface area (Å²) in [6.07, 6.45) is 1.68. The Morgan fingerprint density at radius 3 is 2.85 bits per heavy atom. The highest BCUT2D eigenvalue weighted by atomic mass is 35.5. The maximum Gasteiger partial charge on any atom is 0.161 e. The van der Waals surface area contributed by atoms with Crippen LogP contribution in [0.15, 0.2) is 30.5 Å². The molecule has 5 heteroatoms. The van der Waals surface area contributed by atoms with Gasteiger partial charge in [-0.2, -0.15) is 0 Å². The number of nitrogens with zero attached hydrogens (tertiary/aromatic N) is 1. The Hall–Kier alpha value is -1.94. The van der Waals surface area contributed by atoms with Crippen molar-refractivity contribution in [3.8, 4) is 11.5 Å². The van der Waals surface area contributed by atoms with Gasteiger partial charge in [0.05, 0.1) is 12.3 Å². The number of benzene rings is 1. The van der Waals surface area contributed by atoms with Crippen molar-refractivity contribution in [1.82, 2.24) is 4.98 Å². The smallest absolute Gasteiger partial charge is 0.161 e. The average Bonchev–Trinajstić information content (AvgIpc) is 2.42. The summed E-state index contributed by atoms with van der Waals surface area (Å²) in [5.41, 5.74) is 2.85. The van der Waals surface area contributed by atoms with Gasteiger partial charge in [0, 0.05) is 12.7 Å². The number of halogens is 1. The molecule has 0 spiro atoms. The van der Waals surface area contributed by atoms with Crippen molar-refractivity contribution in [2.75, 3.05) is 11.9 Å². The molecule has 0 aliphatic carbocycles. The number of phenols is 1.